The molecule has 41 heavy (non-hydrogen) atoms. The predicted octanol–water partition coefficient (Wildman–Crippen LogP) is 4.86. The van der Waals surface area contributed by atoms with Gasteiger partial charge in [0.1, 0.15) is 23.9 Å². The molecule has 0 bridgehead atoms. The monoisotopic (exact) mass is 580 g/mol. The van der Waals surface area contributed by atoms with Crippen molar-refractivity contribution in [3.63, 3.8) is 0 Å². The van der Waals surface area contributed by atoms with Crippen LogP contribution < -0.4 is 4.90 Å². The molecule has 0 N–H and O–H groups in total. The van der Waals surface area contributed by atoms with Crippen molar-refractivity contribution in [2.45, 2.75) is 95.4 Å². The Balaban J connectivity index is 1.65. The Bertz CT molecular complexity index is 1390. The highest BCUT2D eigenvalue weighted by molar-refractivity contribution is 6.74. The van der Waals surface area contributed by atoms with Gasteiger partial charge in [0.25, 0.3) is 0 Å². The van der Waals surface area contributed by atoms with Gasteiger partial charge in [-0.1, -0.05) is 39.0 Å². The van der Waals surface area contributed by atoms with Crippen LogP contribution in [0.25, 0.3) is 0 Å². The molecule has 3 aliphatic heterocycles. The fourth-order valence-electron chi connectivity index (χ4n) is 6.30. The summed E-state index contributed by atoms with van der Waals surface area (Å²) in [5.74, 6) is -0.347. The summed E-state index contributed by atoms with van der Waals surface area (Å²) in [5, 5.41) is -0.0491. The minimum absolute atomic E-state index is 0.0491. The molecular formula is C31H44N4O5Si. The molecule has 1 aromatic carbocycles. The molecule has 222 valence electrons. The van der Waals surface area contributed by atoms with Crippen molar-refractivity contribution >= 4 is 31.9 Å². The molecule has 0 spiro atoms. The number of hydrogen-bond acceptors (Lipinski definition) is 5. The van der Waals surface area contributed by atoms with Crippen molar-refractivity contribution in [3.05, 3.63) is 53.9 Å². The number of nitrogens with zero attached hydrogens (tertiary/aromatic N) is 4. The zero-order valence-electron chi connectivity index (χ0n) is 26.0. The lowest BCUT2D eigenvalue weighted by Crippen LogP contribution is -2.67. The predicted molar refractivity (Wildman–Crippen MR) is 160 cm³/mol. The Labute approximate surface area is 244 Å². The van der Waals surface area contributed by atoms with Gasteiger partial charge in [-0.2, -0.15) is 0 Å². The lowest BCUT2D eigenvalue weighted by Gasteiger charge is -2.45. The van der Waals surface area contributed by atoms with Gasteiger partial charge in [0, 0.05) is 26.5 Å². The molecule has 3 aliphatic rings. The number of aryl methyl sites for hydroxylation is 1. The zero-order chi connectivity index (χ0) is 30.3. The third-order valence-corrected chi connectivity index (χ3v) is 13.9. The molecule has 1 aromatic heterocycles. The Morgan fingerprint density at radius 1 is 1.02 bits per heavy atom. The maximum atomic E-state index is 14.5. The largest absolute Gasteiger partial charge is 0.443 e. The quantitative estimate of drug-likeness (QED) is 0.483. The van der Waals surface area contributed by atoms with Crippen LogP contribution in [-0.2, 0) is 31.2 Å². The molecule has 5 rings (SSSR count). The van der Waals surface area contributed by atoms with E-state index in [1.807, 2.05) is 75.1 Å². The Morgan fingerprint density at radius 3 is 2.27 bits per heavy atom. The first-order chi connectivity index (χ1) is 18.9. The van der Waals surface area contributed by atoms with Crippen molar-refractivity contribution in [2.75, 3.05) is 18.6 Å². The van der Waals surface area contributed by atoms with Gasteiger partial charge >= 0.3 is 6.09 Å². The number of para-hydroxylation sites is 1. The maximum absolute atomic E-state index is 14.5. The minimum Gasteiger partial charge on any atom is -0.443 e. The number of carbonyl (C=O) groups is 3. The number of ether oxygens (including phenoxy) is 1. The summed E-state index contributed by atoms with van der Waals surface area (Å²) in [7, 11) is 1.44. The standard InChI is InChI=1S/C31H44N4O5Si/c1-29(2,3)40-28(38)35-22-14-12-11-13-21(22)31(20-15-16-32(7)18-20)17-23-25(36)33(8)24(26(37)34(23)27(31)35)19-39-41(9,10)30(4,5)6/h11-16,18,23-24,27H,17,19H2,1-10H3/t23-,24+,27-,31-/m0/s1. The van der Waals surface area contributed by atoms with Crippen LogP contribution in [0, 0.1) is 0 Å². The van der Waals surface area contributed by atoms with Gasteiger partial charge < -0.3 is 23.5 Å². The summed E-state index contributed by atoms with van der Waals surface area (Å²) in [6.07, 6.45) is 3.05. The zero-order valence-corrected chi connectivity index (χ0v) is 27.0. The van der Waals surface area contributed by atoms with Crippen LogP contribution in [0.4, 0.5) is 10.5 Å². The smallest absolute Gasteiger partial charge is 0.416 e. The number of benzene rings is 1. The first kappa shape index (κ1) is 29.4. The first-order valence-electron chi connectivity index (χ1n) is 14.4. The van der Waals surface area contributed by atoms with E-state index in [0.29, 0.717) is 12.1 Å². The summed E-state index contributed by atoms with van der Waals surface area (Å²) < 4.78 is 14.4. The molecule has 0 saturated carbocycles. The van der Waals surface area contributed by atoms with Crippen LogP contribution >= 0.6 is 0 Å². The molecular weight excluding hydrogens is 536 g/mol. The number of amides is 3. The number of hydrogen-bond donors (Lipinski definition) is 0. The second-order valence-electron chi connectivity index (χ2n) is 14.3. The number of rotatable bonds is 4. The topological polar surface area (TPSA) is 84.3 Å². The highest BCUT2D eigenvalue weighted by Gasteiger charge is 2.68. The highest BCUT2D eigenvalue weighted by Crippen LogP contribution is 2.59. The van der Waals surface area contributed by atoms with Crippen LogP contribution in [0.3, 0.4) is 0 Å². The fraction of sp³-hybridized carbons (Fsp3) is 0.581. The second kappa shape index (κ2) is 9.45. The fourth-order valence-corrected chi connectivity index (χ4v) is 7.30. The van der Waals surface area contributed by atoms with E-state index in [2.05, 4.69) is 33.9 Å². The van der Waals surface area contributed by atoms with E-state index in [9.17, 15) is 14.4 Å². The van der Waals surface area contributed by atoms with Crippen LogP contribution in [0.5, 0.6) is 0 Å². The SMILES string of the molecule is CN1C(=O)[C@@H]2C[C@]3(c4ccn(C)c4)c4ccccc4N(C(=O)OC(C)(C)C)[C@@H]3N2C(=O)[C@H]1CO[Si](C)(C)C(C)(C)C. The van der Waals surface area contributed by atoms with E-state index in [0.717, 1.165) is 11.1 Å². The van der Waals surface area contributed by atoms with Crippen LogP contribution in [0.2, 0.25) is 18.1 Å². The molecule has 3 amide bonds. The van der Waals surface area contributed by atoms with E-state index in [-0.39, 0.29) is 23.5 Å². The van der Waals surface area contributed by atoms with Crippen molar-refractivity contribution in [1.29, 1.82) is 0 Å². The summed E-state index contributed by atoms with van der Waals surface area (Å²) in [5.41, 5.74) is 1.01. The molecule has 2 aromatic rings. The second-order valence-corrected chi connectivity index (χ2v) is 19.1. The average molecular weight is 581 g/mol. The van der Waals surface area contributed by atoms with E-state index in [1.165, 1.54) is 0 Å². The lowest BCUT2D eigenvalue weighted by atomic mass is 9.73. The van der Waals surface area contributed by atoms with Crippen molar-refractivity contribution in [1.82, 2.24) is 14.4 Å². The van der Waals surface area contributed by atoms with Crippen molar-refractivity contribution < 1.29 is 23.5 Å². The Kier molecular flexibility index (Phi) is 6.77. The molecule has 10 heteroatoms. The number of likely N-dealkylation sites (N-methyl/N-ethyl adjacent to an activating group) is 1. The number of anilines is 1. The number of piperazine rings is 1. The first-order valence-corrected chi connectivity index (χ1v) is 17.3. The highest BCUT2D eigenvalue weighted by atomic mass is 28.4. The summed E-state index contributed by atoms with van der Waals surface area (Å²) in [4.78, 5) is 47.4. The molecule has 4 atom stereocenters. The third kappa shape index (κ3) is 4.50. The average Bonchev–Trinajstić information content (AvgIpc) is 3.51. The van der Waals surface area contributed by atoms with Crippen molar-refractivity contribution in [2.24, 2.45) is 7.05 Å². The molecule has 0 unspecified atom stereocenters. The van der Waals surface area contributed by atoms with Gasteiger partial charge in [-0.3, -0.25) is 14.5 Å². The van der Waals surface area contributed by atoms with Crippen LogP contribution in [-0.4, -0.2) is 78.1 Å². The lowest BCUT2D eigenvalue weighted by molar-refractivity contribution is -0.161. The summed E-state index contributed by atoms with van der Waals surface area (Å²) in [6, 6.07) is 8.26. The van der Waals surface area contributed by atoms with Gasteiger partial charge in [-0.05, 0) is 68.6 Å². The van der Waals surface area contributed by atoms with E-state index in [4.69, 9.17) is 9.16 Å². The maximum Gasteiger partial charge on any atom is 0.416 e. The number of carbonyl (C=O) groups excluding carboxylic acids is 3. The summed E-state index contributed by atoms with van der Waals surface area (Å²) >= 11 is 0. The van der Waals surface area contributed by atoms with E-state index < -0.39 is 43.7 Å². The van der Waals surface area contributed by atoms with E-state index >= 15 is 0 Å². The minimum atomic E-state index is -2.20. The van der Waals surface area contributed by atoms with Gasteiger partial charge in [0.2, 0.25) is 11.8 Å². The Morgan fingerprint density at radius 2 is 1.68 bits per heavy atom. The molecule has 2 fully saturated rings. The molecule has 4 heterocycles. The van der Waals surface area contributed by atoms with Crippen LogP contribution in [0.15, 0.2) is 42.7 Å². The van der Waals surface area contributed by atoms with Crippen molar-refractivity contribution in [3.8, 4) is 0 Å². The summed E-state index contributed by atoms with van der Waals surface area (Å²) in [6.45, 7) is 16.3. The third-order valence-electron chi connectivity index (χ3n) is 9.43. The Hall–Kier alpha value is -3.11. The van der Waals surface area contributed by atoms with E-state index in [1.54, 1.807) is 21.7 Å². The molecule has 0 aliphatic carbocycles. The number of fused-ring (bicyclic) bond motifs is 5. The normalized spacial score (nSPS) is 26.3. The molecule has 9 nitrogen and oxygen atoms in total. The van der Waals surface area contributed by atoms with Gasteiger partial charge in [0.05, 0.1) is 17.7 Å². The molecule has 2 saturated heterocycles. The van der Waals surface area contributed by atoms with Gasteiger partial charge in [-0.25, -0.2) is 4.79 Å². The van der Waals surface area contributed by atoms with Crippen LogP contribution in [0.1, 0.15) is 59.1 Å². The van der Waals surface area contributed by atoms with Gasteiger partial charge in [0.15, 0.2) is 8.32 Å². The number of aromatic nitrogens is 1. The molecule has 0 radical (unpaired) electrons. The van der Waals surface area contributed by atoms with Gasteiger partial charge in [-0.15, -0.1) is 0 Å².